The lowest BCUT2D eigenvalue weighted by Crippen LogP contribution is -2.37. The lowest BCUT2D eigenvalue weighted by atomic mass is 10.1. The average Bonchev–Trinajstić information content (AvgIpc) is 3.37. The highest BCUT2D eigenvalue weighted by Crippen LogP contribution is 2.42. The molecule has 0 saturated carbocycles. The Labute approximate surface area is 191 Å². The van der Waals surface area contributed by atoms with Gasteiger partial charge in [-0.05, 0) is 35.9 Å². The molecule has 1 N–H and O–H groups in total. The molecule has 10 heteroatoms. The number of aliphatic hydroxyl groups excluding tert-OH is 1. The molecule has 0 bridgehead atoms. The SMILES string of the molecule is Cn1c(=O)c2c(-c3cccc(Cl)c3)n3c(c2n(C)c1=O)C(c1ccc(Cl)o1)OC(CO)C3. The van der Waals surface area contributed by atoms with Crippen molar-refractivity contribution in [3.05, 3.63) is 78.9 Å². The minimum atomic E-state index is -0.790. The zero-order chi connectivity index (χ0) is 22.7. The van der Waals surface area contributed by atoms with Gasteiger partial charge in [0.15, 0.2) is 11.3 Å². The highest BCUT2D eigenvalue weighted by atomic mass is 35.5. The number of fused-ring (bicyclic) bond motifs is 3. The summed E-state index contributed by atoms with van der Waals surface area (Å²) in [4.78, 5) is 26.2. The maximum Gasteiger partial charge on any atom is 0.331 e. The first-order valence-electron chi connectivity index (χ1n) is 9.91. The average molecular weight is 476 g/mol. The van der Waals surface area contributed by atoms with Gasteiger partial charge >= 0.3 is 5.69 Å². The van der Waals surface area contributed by atoms with E-state index in [0.29, 0.717) is 38.6 Å². The fourth-order valence-corrected chi connectivity index (χ4v) is 4.75. The molecule has 1 aliphatic rings. The van der Waals surface area contributed by atoms with Crippen LogP contribution in [0.3, 0.4) is 0 Å². The van der Waals surface area contributed by atoms with E-state index in [4.69, 9.17) is 32.4 Å². The van der Waals surface area contributed by atoms with Gasteiger partial charge in [-0.2, -0.15) is 0 Å². The van der Waals surface area contributed by atoms with Gasteiger partial charge in [-0.1, -0.05) is 23.7 Å². The summed E-state index contributed by atoms with van der Waals surface area (Å²) >= 11 is 12.3. The fraction of sp³-hybridized carbons (Fsp3) is 0.273. The van der Waals surface area contributed by atoms with Crippen molar-refractivity contribution < 1.29 is 14.3 Å². The number of halogens is 2. The number of benzene rings is 1. The Morgan fingerprint density at radius 2 is 1.91 bits per heavy atom. The number of hydrogen-bond acceptors (Lipinski definition) is 5. The molecule has 5 rings (SSSR count). The Morgan fingerprint density at radius 3 is 2.56 bits per heavy atom. The number of furan rings is 1. The molecule has 0 aliphatic carbocycles. The van der Waals surface area contributed by atoms with Crippen LogP contribution in [0.1, 0.15) is 17.6 Å². The van der Waals surface area contributed by atoms with E-state index in [1.807, 2.05) is 10.6 Å². The monoisotopic (exact) mass is 475 g/mol. The van der Waals surface area contributed by atoms with Gasteiger partial charge < -0.3 is 18.8 Å². The van der Waals surface area contributed by atoms with Crippen LogP contribution >= 0.6 is 23.2 Å². The number of hydrogen-bond donors (Lipinski definition) is 1. The van der Waals surface area contributed by atoms with E-state index >= 15 is 0 Å². The zero-order valence-corrected chi connectivity index (χ0v) is 18.7. The second-order valence-electron chi connectivity index (χ2n) is 7.75. The predicted octanol–water partition coefficient (Wildman–Crippen LogP) is 3.09. The van der Waals surface area contributed by atoms with E-state index < -0.39 is 23.5 Å². The number of aryl methyl sites for hydroxylation is 1. The number of aromatic nitrogens is 3. The van der Waals surface area contributed by atoms with Gasteiger partial charge in [-0.25, -0.2) is 4.79 Å². The molecule has 0 amide bonds. The molecule has 0 saturated heterocycles. The first-order chi connectivity index (χ1) is 15.3. The molecule has 8 nitrogen and oxygen atoms in total. The molecule has 32 heavy (non-hydrogen) atoms. The van der Waals surface area contributed by atoms with Gasteiger partial charge in [0, 0.05) is 24.7 Å². The quantitative estimate of drug-likeness (QED) is 0.491. The highest BCUT2D eigenvalue weighted by Gasteiger charge is 2.37. The third-order valence-electron chi connectivity index (χ3n) is 5.82. The third-order valence-corrected chi connectivity index (χ3v) is 6.26. The number of ether oxygens (including phenoxy) is 1. The first-order valence-corrected chi connectivity index (χ1v) is 10.7. The highest BCUT2D eigenvalue weighted by molar-refractivity contribution is 6.31. The summed E-state index contributed by atoms with van der Waals surface area (Å²) in [6.07, 6.45) is -1.36. The van der Waals surface area contributed by atoms with E-state index in [-0.39, 0.29) is 18.4 Å². The van der Waals surface area contributed by atoms with Crippen molar-refractivity contribution >= 4 is 34.1 Å². The lowest BCUT2D eigenvalue weighted by Gasteiger charge is -2.31. The van der Waals surface area contributed by atoms with Crippen LogP contribution in [0.2, 0.25) is 10.2 Å². The Hall–Kier alpha value is -2.78. The third kappa shape index (κ3) is 3.06. The van der Waals surface area contributed by atoms with Gasteiger partial charge in [-0.15, -0.1) is 0 Å². The Morgan fingerprint density at radius 1 is 1.12 bits per heavy atom. The van der Waals surface area contributed by atoms with Gasteiger partial charge in [0.05, 0.1) is 41.5 Å². The Bertz CT molecular complexity index is 1480. The van der Waals surface area contributed by atoms with Crippen LogP contribution in [0, 0.1) is 0 Å². The topological polar surface area (TPSA) is 91.5 Å². The molecule has 0 fully saturated rings. The number of rotatable bonds is 3. The van der Waals surface area contributed by atoms with E-state index in [1.165, 1.54) is 11.6 Å². The molecule has 0 radical (unpaired) electrons. The molecular formula is C22H19Cl2N3O5. The van der Waals surface area contributed by atoms with Crippen LogP contribution in [-0.4, -0.2) is 31.5 Å². The summed E-state index contributed by atoms with van der Waals surface area (Å²) in [6.45, 7) is 0.0233. The van der Waals surface area contributed by atoms with Crippen LogP contribution in [-0.2, 0) is 25.4 Å². The molecule has 0 spiro atoms. The van der Waals surface area contributed by atoms with Gasteiger partial charge in [0.1, 0.15) is 5.76 Å². The van der Waals surface area contributed by atoms with Crippen molar-refractivity contribution in [2.24, 2.45) is 14.1 Å². The molecule has 1 aromatic carbocycles. The Kier molecular flexibility index (Phi) is 5.05. The molecule has 3 aromatic heterocycles. The van der Waals surface area contributed by atoms with Crippen LogP contribution in [0.15, 0.2) is 50.4 Å². The second kappa shape index (κ2) is 7.67. The summed E-state index contributed by atoms with van der Waals surface area (Å²) < 4.78 is 16.2. The van der Waals surface area contributed by atoms with Crippen molar-refractivity contribution in [2.45, 2.75) is 18.8 Å². The van der Waals surface area contributed by atoms with Crippen LogP contribution in [0.4, 0.5) is 0 Å². The lowest BCUT2D eigenvalue weighted by molar-refractivity contribution is -0.0589. The summed E-state index contributed by atoms with van der Waals surface area (Å²) in [5.74, 6) is 0.402. The summed E-state index contributed by atoms with van der Waals surface area (Å²) in [7, 11) is 3.05. The van der Waals surface area contributed by atoms with E-state index in [0.717, 1.165) is 4.57 Å². The summed E-state index contributed by atoms with van der Waals surface area (Å²) in [5.41, 5.74) is 1.41. The van der Waals surface area contributed by atoms with Gasteiger partial charge in [0.25, 0.3) is 5.56 Å². The van der Waals surface area contributed by atoms with Crippen molar-refractivity contribution in [1.29, 1.82) is 0 Å². The van der Waals surface area contributed by atoms with Crippen LogP contribution in [0.5, 0.6) is 0 Å². The predicted molar refractivity (Wildman–Crippen MR) is 120 cm³/mol. The van der Waals surface area contributed by atoms with Crippen molar-refractivity contribution in [2.75, 3.05) is 6.61 Å². The van der Waals surface area contributed by atoms with Crippen LogP contribution in [0.25, 0.3) is 22.2 Å². The van der Waals surface area contributed by atoms with E-state index in [1.54, 1.807) is 37.4 Å². The standard InChI is InChI=1S/C22H19Cl2N3O5/c1-25-18-16(21(29)26(2)22(25)30)17(11-4-3-5-12(23)8-11)27-9-13(10-28)31-20(19(18)27)14-6-7-15(24)32-14/h3-8,13,20,28H,9-10H2,1-2H3. The molecule has 1 aliphatic heterocycles. The first kappa shape index (κ1) is 21.1. The minimum Gasteiger partial charge on any atom is -0.446 e. The van der Waals surface area contributed by atoms with E-state index in [9.17, 15) is 14.7 Å². The molecule has 4 aromatic rings. The smallest absolute Gasteiger partial charge is 0.331 e. The molecular weight excluding hydrogens is 457 g/mol. The van der Waals surface area contributed by atoms with Crippen molar-refractivity contribution in [3.8, 4) is 11.3 Å². The molecule has 2 atom stereocenters. The Balaban J connectivity index is 1.97. The largest absolute Gasteiger partial charge is 0.446 e. The fourth-order valence-electron chi connectivity index (χ4n) is 4.41. The van der Waals surface area contributed by atoms with Crippen molar-refractivity contribution in [3.63, 3.8) is 0 Å². The molecule has 4 heterocycles. The maximum absolute atomic E-state index is 13.4. The van der Waals surface area contributed by atoms with Crippen molar-refractivity contribution in [1.82, 2.24) is 13.7 Å². The number of aliphatic hydroxyl groups is 1. The normalized spacial score (nSPS) is 18.3. The maximum atomic E-state index is 13.4. The van der Waals surface area contributed by atoms with Gasteiger partial charge in [0.2, 0.25) is 0 Å². The molecule has 166 valence electrons. The molecule has 2 unspecified atom stereocenters. The second-order valence-corrected chi connectivity index (χ2v) is 8.56. The van der Waals surface area contributed by atoms with E-state index in [2.05, 4.69) is 0 Å². The zero-order valence-electron chi connectivity index (χ0n) is 17.2. The summed E-state index contributed by atoms with van der Waals surface area (Å²) in [6, 6.07) is 10.4. The summed E-state index contributed by atoms with van der Waals surface area (Å²) in [5, 5.41) is 11.0. The number of nitrogens with zero attached hydrogens (tertiary/aromatic N) is 3. The minimum absolute atomic E-state index is 0.178. The van der Waals surface area contributed by atoms with Gasteiger partial charge in [-0.3, -0.25) is 13.9 Å². The van der Waals surface area contributed by atoms with Crippen LogP contribution < -0.4 is 11.2 Å².